The van der Waals surface area contributed by atoms with Gasteiger partial charge in [0.1, 0.15) is 17.1 Å². The molecule has 152 valence electrons. The van der Waals surface area contributed by atoms with E-state index in [-0.39, 0.29) is 12.4 Å². The third-order valence-corrected chi connectivity index (χ3v) is 5.14. The van der Waals surface area contributed by atoms with E-state index < -0.39 is 17.7 Å². The number of phenolic OH excluding ortho intramolecular Hbond substituents is 1. The molecule has 2 aromatic rings. The highest BCUT2D eigenvalue weighted by Crippen LogP contribution is 2.33. The highest BCUT2D eigenvalue weighted by molar-refractivity contribution is 14.1. The van der Waals surface area contributed by atoms with E-state index in [4.69, 9.17) is 9.47 Å². The second kappa shape index (κ2) is 9.97. The molecular weight excluding hydrogens is 588 g/mol. The number of aliphatic hydroxyl groups excluding tert-OH is 1. The van der Waals surface area contributed by atoms with E-state index in [2.05, 4.69) is 50.5 Å². The Bertz CT molecular complexity index is 795. The lowest BCUT2D eigenvalue weighted by molar-refractivity contribution is 0.0483. The van der Waals surface area contributed by atoms with Crippen LogP contribution in [0.2, 0.25) is 0 Å². The molecule has 0 saturated carbocycles. The molecule has 28 heavy (non-hydrogen) atoms. The summed E-state index contributed by atoms with van der Waals surface area (Å²) >= 11 is 4.39. The van der Waals surface area contributed by atoms with Crippen molar-refractivity contribution in [3.63, 3.8) is 0 Å². The van der Waals surface area contributed by atoms with Gasteiger partial charge >= 0.3 is 6.09 Å². The molecule has 8 heteroatoms. The SMILES string of the molecule is CC(C)(C)OC(=O)N[C@H](CO)Cc1cc(I)c(Oc2ccc(O)cc2)c(I)c1. The van der Waals surface area contributed by atoms with Crippen molar-refractivity contribution in [2.24, 2.45) is 0 Å². The van der Waals surface area contributed by atoms with Gasteiger partial charge in [-0.25, -0.2) is 4.79 Å². The fourth-order valence-corrected chi connectivity index (χ4v) is 4.50. The standard InChI is InChI=1S/C20H23I2NO5/c1-20(2,3)28-19(26)23-13(11-24)8-12-9-16(21)18(17(22)10-12)27-15-6-4-14(25)5-7-15/h4-7,9-10,13,24-25H,8,11H2,1-3H3,(H,23,26)/t13-/m0/s1. The molecule has 0 radical (unpaired) electrons. The Balaban J connectivity index is 2.09. The average molecular weight is 611 g/mol. The van der Waals surface area contributed by atoms with Crippen LogP contribution in [0.15, 0.2) is 36.4 Å². The average Bonchev–Trinajstić information content (AvgIpc) is 2.57. The van der Waals surface area contributed by atoms with Crippen LogP contribution < -0.4 is 10.1 Å². The number of aliphatic hydroxyl groups is 1. The van der Waals surface area contributed by atoms with Gasteiger partial charge in [-0.3, -0.25) is 0 Å². The number of amides is 1. The molecule has 2 aromatic carbocycles. The lowest BCUT2D eigenvalue weighted by atomic mass is 10.1. The minimum absolute atomic E-state index is 0.180. The molecule has 1 atom stereocenters. The predicted octanol–water partition coefficient (Wildman–Crippen LogP) is 4.82. The van der Waals surface area contributed by atoms with Crippen LogP contribution in [0.1, 0.15) is 26.3 Å². The third-order valence-electron chi connectivity index (χ3n) is 3.54. The predicted molar refractivity (Wildman–Crippen MR) is 124 cm³/mol. The fraction of sp³-hybridized carbons (Fsp3) is 0.350. The molecular formula is C20H23I2NO5. The normalized spacial score (nSPS) is 12.4. The number of benzene rings is 2. The molecule has 1 amide bonds. The zero-order valence-corrected chi connectivity index (χ0v) is 20.1. The Morgan fingerprint density at radius 2 is 1.71 bits per heavy atom. The van der Waals surface area contributed by atoms with Crippen molar-refractivity contribution in [2.75, 3.05) is 6.61 Å². The van der Waals surface area contributed by atoms with E-state index in [1.54, 1.807) is 45.0 Å². The van der Waals surface area contributed by atoms with Crippen molar-refractivity contribution < 1.29 is 24.5 Å². The summed E-state index contributed by atoms with van der Waals surface area (Å²) in [5.41, 5.74) is 0.365. The maximum absolute atomic E-state index is 11.9. The Labute approximate surface area is 191 Å². The van der Waals surface area contributed by atoms with Crippen LogP contribution in [0.3, 0.4) is 0 Å². The summed E-state index contributed by atoms with van der Waals surface area (Å²) in [4.78, 5) is 11.9. The van der Waals surface area contributed by atoms with Crippen molar-refractivity contribution in [1.29, 1.82) is 0 Å². The number of hydrogen-bond donors (Lipinski definition) is 3. The molecule has 0 heterocycles. The quantitative estimate of drug-likeness (QED) is 0.408. The molecule has 0 saturated heterocycles. The van der Waals surface area contributed by atoms with Gasteiger partial charge in [0.25, 0.3) is 0 Å². The summed E-state index contributed by atoms with van der Waals surface area (Å²) in [6, 6.07) is 9.99. The first-order valence-electron chi connectivity index (χ1n) is 8.62. The number of nitrogens with one attached hydrogen (secondary N) is 1. The molecule has 0 aliphatic carbocycles. The zero-order valence-electron chi connectivity index (χ0n) is 15.8. The molecule has 0 aliphatic rings. The molecule has 0 unspecified atom stereocenters. The van der Waals surface area contributed by atoms with Gasteiger partial charge in [0.2, 0.25) is 0 Å². The number of carbonyl (C=O) groups is 1. The third kappa shape index (κ3) is 7.28. The number of halogens is 2. The van der Waals surface area contributed by atoms with Crippen LogP contribution >= 0.6 is 45.2 Å². The Morgan fingerprint density at radius 1 is 1.14 bits per heavy atom. The van der Waals surface area contributed by atoms with Crippen molar-refractivity contribution >= 4 is 51.3 Å². The van der Waals surface area contributed by atoms with Gasteiger partial charge in [0, 0.05) is 0 Å². The van der Waals surface area contributed by atoms with E-state index in [0.717, 1.165) is 18.5 Å². The first-order chi connectivity index (χ1) is 13.1. The van der Waals surface area contributed by atoms with Gasteiger partial charge in [-0.1, -0.05) is 0 Å². The van der Waals surface area contributed by atoms with Gasteiger partial charge in [0.15, 0.2) is 5.75 Å². The van der Waals surface area contributed by atoms with Crippen LogP contribution in [0.5, 0.6) is 17.2 Å². The zero-order chi connectivity index (χ0) is 20.9. The maximum Gasteiger partial charge on any atom is 0.407 e. The Morgan fingerprint density at radius 3 is 2.21 bits per heavy atom. The Kier molecular flexibility index (Phi) is 8.19. The van der Waals surface area contributed by atoms with Gasteiger partial charge in [-0.05, 0) is 114 Å². The van der Waals surface area contributed by atoms with E-state index in [9.17, 15) is 15.0 Å². The Hall–Kier alpha value is -1.27. The minimum atomic E-state index is -0.595. The number of phenols is 1. The lowest BCUT2D eigenvalue weighted by Crippen LogP contribution is -2.42. The van der Waals surface area contributed by atoms with Crippen LogP contribution in [0.25, 0.3) is 0 Å². The molecule has 2 rings (SSSR count). The molecule has 3 N–H and O–H groups in total. The number of carbonyl (C=O) groups excluding carboxylic acids is 1. The van der Waals surface area contributed by atoms with E-state index >= 15 is 0 Å². The highest BCUT2D eigenvalue weighted by Gasteiger charge is 2.20. The molecule has 0 spiro atoms. The van der Waals surface area contributed by atoms with E-state index in [1.165, 1.54) is 0 Å². The summed E-state index contributed by atoms with van der Waals surface area (Å²) < 4.78 is 13.0. The molecule has 6 nitrogen and oxygen atoms in total. The van der Waals surface area contributed by atoms with Crippen molar-refractivity contribution in [3.8, 4) is 17.2 Å². The van der Waals surface area contributed by atoms with Crippen molar-refractivity contribution in [2.45, 2.75) is 38.8 Å². The number of alkyl carbamates (subject to hydrolysis) is 1. The van der Waals surface area contributed by atoms with Crippen LogP contribution in [-0.4, -0.2) is 34.6 Å². The van der Waals surface area contributed by atoms with Gasteiger partial charge in [-0.15, -0.1) is 0 Å². The smallest absolute Gasteiger partial charge is 0.407 e. The number of aromatic hydroxyl groups is 1. The van der Waals surface area contributed by atoms with E-state index in [0.29, 0.717) is 12.2 Å². The molecule has 0 aliphatic heterocycles. The molecule has 0 fully saturated rings. The highest BCUT2D eigenvalue weighted by atomic mass is 127. The summed E-state index contributed by atoms with van der Waals surface area (Å²) in [7, 11) is 0. The topological polar surface area (TPSA) is 88.0 Å². The number of ether oxygens (including phenoxy) is 2. The van der Waals surface area contributed by atoms with Crippen molar-refractivity contribution in [1.82, 2.24) is 5.32 Å². The summed E-state index contributed by atoms with van der Waals surface area (Å²) in [6.45, 7) is 5.17. The first kappa shape index (κ1) is 23.0. The van der Waals surface area contributed by atoms with Crippen LogP contribution in [0.4, 0.5) is 4.79 Å². The minimum Gasteiger partial charge on any atom is -0.508 e. The summed E-state index contributed by atoms with van der Waals surface area (Å²) in [6.07, 6.45) is -0.0930. The van der Waals surface area contributed by atoms with Gasteiger partial charge < -0.3 is 25.0 Å². The first-order valence-corrected chi connectivity index (χ1v) is 10.8. The monoisotopic (exact) mass is 611 g/mol. The van der Waals surface area contributed by atoms with Crippen LogP contribution in [-0.2, 0) is 11.2 Å². The second-order valence-electron chi connectivity index (χ2n) is 7.21. The lowest BCUT2D eigenvalue weighted by Gasteiger charge is -2.23. The van der Waals surface area contributed by atoms with Gasteiger partial charge in [-0.2, -0.15) is 0 Å². The number of rotatable bonds is 6. The van der Waals surface area contributed by atoms with E-state index in [1.807, 2.05) is 12.1 Å². The summed E-state index contributed by atoms with van der Waals surface area (Å²) in [5, 5.41) is 21.7. The second-order valence-corrected chi connectivity index (χ2v) is 9.54. The largest absolute Gasteiger partial charge is 0.508 e. The fourth-order valence-electron chi connectivity index (χ4n) is 2.38. The van der Waals surface area contributed by atoms with Crippen LogP contribution in [0, 0.1) is 7.14 Å². The molecule has 0 aromatic heterocycles. The maximum atomic E-state index is 11.9. The number of hydrogen-bond acceptors (Lipinski definition) is 5. The van der Waals surface area contributed by atoms with Crippen molar-refractivity contribution in [3.05, 3.63) is 49.1 Å². The van der Waals surface area contributed by atoms with Gasteiger partial charge in [0.05, 0.1) is 19.8 Å². The molecule has 0 bridgehead atoms. The summed E-state index contributed by atoms with van der Waals surface area (Å²) in [5.74, 6) is 1.53.